The monoisotopic (exact) mass is 422 g/mol. The highest BCUT2D eigenvalue weighted by atomic mass is 16.7. The maximum absolute atomic E-state index is 12.0. The quantitative estimate of drug-likeness (QED) is 0.191. The van der Waals surface area contributed by atoms with E-state index < -0.39 is 30.1 Å². The molecule has 0 amide bonds. The van der Waals surface area contributed by atoms with E-state index in [1.54, 1.807) is 0 Å². The van der Waals surface area contributed by atoms with Crippen molar-refractivity contribution >= 4 is 5.97 Å². The highest BCUT2D eigenvalue weighted by molar-refractivity contribution is 5.69. The second-order valence-corrected chi connectivity index (χ2v) is 8.02. The van der Waals surface area contributed by atoms with Crippen molar-refractivity contribution in [2.24, 2.45) is 0 Å². The van der Waals surface area contributed by atoms with Crippen LogP contribution >= 0.6 is 0 Å². The summed E-state index contributed by atoms with van der Waals surface area (Å²) in [5.74, 6) is -2.24. The van der Waals surface area contributed by atoms with E-state index in [2.05, 4.69) is 43.4 Å². The predicted octanol–water partition coefficient (Wildman–Crippen LogP) is 3.97. The van der Waals surface area contributed by atoms with Crippen molar-refractivity contribution in [3.8, 4) is 0 Å². The van der Waals surface area contributed by atoms with E-state index >= 15 is 0 Å². The third kappa shape index (κ3) is 8.34. The molecule has 0 aliphatic carbocycles. The summed E-state index contributed by atoms with van der Waals surface area (Å²) in [7, 11) is 0. The third-order valence-electron chi connectivity index (χ3n) is 5.37. The second kappa shape index (κ2) is 13.8. The molecule has 0 aromatic rings. The van der Waals surface area contributed by atoms with Crippen molar-refractivity contribution in [2.75, 3.05) is 13.2 Å². The van der Waals surface area contributed by atoms with Crippen LogP contribution in [0.2, 0.25) is 0 Å². The minimum Gasteiger partial charge on any atom is -0.428 e. The molecule has 170 valence electrons. The summed E-state index contributed by atoms with van der Waals surface area (Å²) in [6.07, 6.45) is 20.5. The van der Waals surface area contributed by atoms with Crippen molar-refractivity contribution in [3.05, 3.63) is 36.5 Å². The molecule has 0 unspecified atom stereocenters. The van der Waals surface area contributed by atoms with Gasteiger partial charge in [-0.1, -0.05) is 62.6 Å². The molecule has 2 heterocycles. The fourth-order valence-electron chi connectivity index (χ4n) is 3.70. The van der Waals surface area contributed by atoms with Crippen LogP contribution in [0.25, 0.3) is 0 Å². The molecule has 2 rings (SSSR count). The number of unbranched alkanes of at least 4 members (excludes halogenated alkanes) is 5. The number of carbonyl (C=O) groups is 1. The molecular formula is C24H38O6. The fraction of sp³-hybridized carbons (Fsp3) is 0.708. The number of fused-ring (bicyclic) bond motifs is 1. The lowest BCUT2D eigenvalue weighted by Crippen LogP contribution is -2.47. The number of aliphatic hydroxyl groups is 2. The molecule has 0 spiro atoms. The number of aliphatic hydroxyl groups excluding tert-OH is 1. The average Bonchev–Trinajstić information content (AvgIpc) is 3.25. The van der Waals surface area contributed by atoms with E-state index in [4.69, 9.17) is 14.2 Å². The van der Waals surface area contributed by atoms with Crippen molar-refractivity contribution < 1.29 is 29.2 Å². The number of allylic oxidation sites excluding steroid dienone is 6. The van der Waals surface area contributed by atoms with Gasteiger partial charge in [-0.15, -0.1) is 0 Å². The van der Waals surface area contributed by atoms with Gasteiger partial charge in [0.15, 0.2) is 6.10 Å². The second-order valence-electron chi connectivity index (χ2n) is 8.02. The Hall–Kier alpha value is -1.47. The van der Waals surface area contributed by atoms with Crippen molar-refractivity contribution in [1.82, 2.24) is 0 Å². The zero-order valence-electron chi connectivity index (χ0n) is 18.2. The Labute approximate surface area is 180 Å². The van der Waals surface area contributed by atoms with Gasteiger partial charge in [-0.05, 0) is 38.5 Å². The number of hydrogen-bond donors (Lipinski definition) is 2. The van der Waals surface area contributed by atoms with Crippen molar-refractivity contribution in [1.29, 1.82) is 0 Å². The van der Waals surface area contributed by atoms with Crippen molar-refractivity contribution in [2.45, 2.75) is 95.2 Å². The minimum absolute atomic E-state index is 0.0811. The molecule has 2 fully saturated rings. The number of esters is 1. The van der Waals surface area contributed by atoms with Gasteiger partial charge in [-0.25, -0.2) is 0 Å². The normalized spacial score (nSPS) is 28.8. The van der Waals surface area contributed by atoms with Crippen LogP contribution in [0.15, 0.2) is 36.5 Å². The molecule has 0 aromatic carbocycles. The topological polar surface area (TPSA) is 85.2 Å². The van der Waals surface area contributed by atoms with Crippen LogP contribution in [0.4, 0.5) is 0 Å². The first-order valence-corrected chi connectivity index (χ1v) is 11.4. The van der Waals surface area contributed by atoms with Gasteiger partial charge >= 0.3 is 5.97 Å². The van der Waals surface area contributed by atoms with Gasteiger partial charge in [0.05, 0.1) is 6.61 Å². The molecule has 6 nitrogen and oxygen atoms in total. The Balaban J connectivity index is 1.44. The summed E-state index contributed by atoms with van der Waals surface area (Å²) in [5, 5.41) is 20.2. The van der Waals surface area contributed by atoms with Gasteiger partial charge in [0.2, 0.25) is 0 Å². The molecule has 2 aliphatic heterocycles. The number of rotatable bonds is 14. The number of carbonyl (C=O) groups excluding carboxylic acids is 1. The van der Waals surface area contributed by atoms with E-state index in [0.717, 1.165) is 57.8 Å². The molecule has 0 saturated carbocycles. The molecular weight excluding hydrogens is 384 g/mol. The Bertz CT molecular complexity index is 584. The summed E-state index contributed by atoms with van der Waals surface area (Å²) < 4.78 is 15.9. The molecule has 0 aromatic heterocycles. The number of ether oxygens (including phenoxy) is 3. The first kappa shape index (κ1) is 24.8. The summed E-state index contributed by atoms with van der Waals surface area (Å²) >= 11 is 0. The van der Waals surface area contributed by atoms with Gasteiger partial charge in [-0.2, -0.15) is 0 Å². The fourth-order valence-corrected chi connectivity index (χ4v) is 3.70. The zero-order chi connectivity index (χ0) is 21.7. The summed E-state index contributed by atoms with van der Waals surface area (Å²) in [6, 6.07) is 0. The molecule has 2 aliphatic rings. The first-order chi connectivity index (χ1) is 14.6. The Morgan fingerprint density at radius 2 is 1.67 bits per heavy atom. The Kier molecular flexibility index (Phi) is 11.4. The lowest BCUT2D eigenvalue weighted by atomic mass is 10.1. The first-order valence-electron chi connectivity index (χ1n) is 11.4. The molecule has 0 bridgehead atoms. The zero-order valence-corrected chi connectivity index (χ0v) is 18.2. The SMILES string of the molecule is CC/C=C\C/C=C\C/C=C\CCCCCCCC(=O)O[C@@]1(O)CO[C@@H]2[C@H](O)CO[C@@H]21. The van der Waals surface area contributed by atoms with Gasteiger partial charge in [0.1, 0.15) is 18.8 Å². The molecule has 2 N–H and O–H groups in total. The summed E-state index contributed by atoms with van der Waals surface area (Å²) in [4.78, 5) is 12.0. The van der Waals surface area contributed by atoms with E-state index in [9.17, 15) is 15.0 Å². The van der Waals surface area contributed by atoms with Gasteiger partial charge < -0.3 is 24.4 Å². The highest BCUT2D eigenvalue weighted by Gasteiger charge is 2.58. The summed E-state index contributed by atoms with van der Waals surface area (Å²) in [6.45, 7) is 2.06. The van der Waals surface area contributed by atoms with Gasteiger partial charge in [0, 0.05) is 6.42 Å². The number of hydrogen-bond acceptors (Lipinski definition) is 6. The van der Waals surface area contributed by atoms with E-state index in [1.807, 2.05) is 0 Å². The Morgan fingerprint density at radius 1 is 1.00 bits per heavy atom. The lowest BCUT2D eigenvalue weighted by Gasteiger charge is -2.26. The van der Waals surface area contributed by atoms with Crippen LogP contribution < -0.4 is 0 Å². The van der Waals surface area contributed by atoms with Crippen LogP contribution in [-0.2, 0) is 19.0 Å². The van der Waals surface area contributed by atoms with E-state index in [0.29, 0.717) is 0 Å². The van der Waals surface area contributed by atoms with Crippen LogP contribution in [-0.4, -0.2) is 53.5 Å². The van der Waals surface area contributed by atoms with Crippen molar-refractivity contribution in [3.63, 3.8) is 0 Å². The molecule has 0 radical (unpaired) electrons. The molecule has 6 heteroatoms. The maximum atomic E-state index is 12.0. The van der Waals surface area contributed by atoms with Crippen LogP contribution in [0.5, 0.6) is 0 Å². The van der Waals surface area contributed by atoms with E-state index in [1.165, 1.54) is 0 Å². The molecule has 4 atom stereocenters. The smallest absolute Gasteiger partial charge is 0.308 e. The van der Waals surface area contributed by atoms with Gasteiger partial charge in [-0.3, -0.25) is 4.79 Å². The maximum Gasteiger partial charge on any atom is 0.308 e. The highest BCUT2D eigenvalue weighted by Crippen LogP contribution is 2.35. The molecule has 2 saturated heterocycles. The van der Waals surface area contributed by atoms with Gasteiger partial charge in [0.25, 0.3) is 5.79 Å². The molecule has 30 heavy (non-hydrogen) atoms. The van der Waals surface area contributed by atoms with Crippen LogP contribution in [0.3, 0.4) is 0 Å². The Morgan fingerprint density at radius 3 is 2.43 bits per heavy atom. The standard InChI is InChI=1S/C24H38O6/c1-2-3-4-5-6-7-8-9-10-11-12-13-14-15-16-17-21(26)30-24(27)19-29-22-20(25)18-28-23(22)24/h3-4,6-7,9-10,20,22-23,25,27H,2,5,8,11-19H2,1H3/b4-3-,7-6-,10-9-/t20-,22-,23+,24+/m1/s1. The minimum atomic E-state index is -1.78. The van der Waals surface area contributed by atoms with Crippen LogP contribution in [0.1, 0.15) is 71.1 Å². The lowest BCUT2D eigenvalue weighted by molar-refractivity contribution is -0.237. The van der Waals surface area contributed by atoms with Crippen LogP contribution in [0, 0.1) is 0 Å². The average molecular weight is 423 g/mol. The largest absolute Gasteiger partial charge is 0.428 e. The predicted molar refractivity (Wildman–Crippen MR) is 116 cm³/mol. The summed E-state index contributed by atoms with van der Waals surface area (Å²) in [5.41, 5.74) is 0. The third-order valence-corrected chi connectivity index (χ3v) is 5.37. The van der Waals surface area contributed by atoms with E-state index in [-0.39, 0.29) is 19.6 Å².